The van der Waals surface area contributed by atoms with Crippen molar-refractivity contribution in [3.8, 4) is 0 Å². The SMILES string of the molecule is C=CC1=CCCC[C@@]1(C)CCCI. The van der Waals surface area contributed by atoms with Crippen molar-refractivity contribution >= 4 is 22.6 Å². The Morgan fingerprint density at radius 2 is 2.46 bits per heavy atom. The van der Waals surface area contributed by atoms with E-state index in [1.165, 1.54) is 42.1 Å². The molecular weight excluding hydrogens is 271 g/mol. The van der Waals surface area contributed by atoms with Crippen molar-refractivity contribution in [1.29, 1.82) is 0 Å². The average molecular weight is 290 g/mol. The van der Waals surface area contributed by atoms with Crippen LogP contribution in [0.3, 0.4) is 0 Å². The molecule has 13 heavy (non-hydrogen) atoms. The van der Waals surface area contributed by atoms with E-state index in [0.29, 0.717) is 5.41 Å². The Bertz CT molecular complexity index is 205. The summed E-state index contributed by atoms with van der Waals surface area (Å²) in [5.74, 6) is 0. The summed E-state index contributed by atoms with van der Waals surface area (Å²) in [5.41, 5.74) is 1.93. The van der Waals surface area contributed by atoms with Crippen LogP contribution in [0.15, 0.2) is 24.3 Å². The Labute approximate surface area is 95.6 Å². The molecule has 0 amide bonds. The zero-order valence-electron chi connectivity index (χ0n) is 8.48. The summed E-state index contributed by atoms with van der Waals surface area (Å²) in [5, 5.41) is 0. The van der Waals surface area contributed by atoms with E-state index in [-0.39, 0.29) is 0 Å². The molecule has 0 spiro atoms. The van der Waals surface area contributed by atoms with Gasteiger partial charge in [-0.2, -0.15) is 0 Å². The monoisotopic (exact) mass is 290 g/mol. The minimum Gasteiger partial charge on any atom is -0.0988 e. The second kappa shape index (κ2) is 5.18. The van der Waals surface area contributed by atoms with Crippen LogP contribution in [0.25, 0.3) is 0 Å². The maximum atomic E-state index is 3.92. The van der Waals surface area contributed by atoms with Gasteiger partial charge in [0.25, 0.3) is 0 Å². The summed E-state index contributed by atoms with van der Waals surface area (Å²) in [6.07, 6.45) is 11.1. The van der Waals surface area contributed by atoms with Crippen LogP contribution in [0.1, 0.15) is 39.0 Å². The van der Waals surface area contributed by atoms with E-state index in [2.05, 4.69) is 48.2 Å². The number of alkyl halides is 1. The molecule has 0 radical (unpaired) electrons. The molecule has 0 bridgehead atoms. The summed E-state index contributed by atoms with van der Waals surface area (Å²) >= 11 is 2.46. The fourth-order valence-electron chi connectivity index (χ4n) is 2.20. The number of rotatable bonds is 4. The van der Waals surface area contributed by atoms with Crippen molar-refractivity contribution in [1.82, 2.24) is 0 Å². The normalized spacial score (nSPS) is 28.3. The quantitative estimate of drug-likeness (QED) is 0.528. The van der Waals surface area contributed by atoms with E-state index in [4.69, 9.17) is 0 Å². The van der Waals surface area contributed by atoms with E-state index in [9.17, 15) is 0 Å². The number of hydrogen-bond acceptors (Lipinski definition) is 0. The highest BCUT2D eigenvalue weighted by Crippen LogP contribution is 2.41. The van der Waals surface area contributed by atoms with Gasteiger partial charge in [0.1, 0.15) is 0 Å². The molecule has 0 aromatic heterocycles. The zero-order chi connectivity index (χ0) is 9.73. The molecule has 0 aromatic rings. The summed E-state index contributed by atoms with van der Waals surface area (Å²) in [7, 11) is 0. The Balaban J connectivity index is 2.67. The lowest BCUT2D eigenvalue weighted by Gasteiger charge is -2.34. The predicted octanol–water partition coefficient (Wildman–Crippen LogP) is 4.50. The molecule has 0 saturated carbocycles. The Hall–Kier alpha value is 0.210. The summed E-state index contributed by atoms with van der Waals surface area (Å²) in [4.78, 5) is 0. The predicted molar refractivity (Wildman–Crippen MR) is 68.4 cm³/mol. The third-order valence-corrected chi connectivity index (χ3v) is 3.84. The fourth-order valence-corrected chi connectivity index (χ4v) is 2.58. The summed E-state index contributed by atoms with van der Waals surface area (Å²) in [6, 6.07) is 0. The van der Waals surface area contributed by atoms with Gasteiger partial charge in [-0.3, -0.25) is 0 Å². The van der Waals surface area contributed by atoms with Crippen LogP contribution in [0.5, 0.6) is 0 Å². The summed E-state index contributed by atoms with van der Waals surface area (Å²) < 4.78 is 1.28. The van der Waals surface area contributed by atoms with Crippen LogP contribution in [0, 0.1) is 5.41 Å². The van der Waals surface area contributed by atoms with Crippen LogP contribution in [-0.2, 0) is 0 Å². The van der Waals surface area contributed by atoms with Gasteiger partial charge < -0.3 is 0 Å². The number of hydrogen-bond donors (Lipinski definition) is 0. The van der Waals surface area contributed by atoms with Crippen molar-refractivity contribution < 1.29 is 0 Å². The molecule has 1 heteroatoms. The molecule has 1 atom stereocenters. The van der Waals surface area contributed by atoms with E-state index >= 15 is 0 Å². The van der Waals surface area contributed by atoms with Gasteiger partial charge >= 0.3 is 0 Å². The Morgan fingerprint density at radius 1 is 1.69 bits per heavy atom. The molecule has 1 aliphatic rings. The highest BCUT2D eigenvalue weighted by atomic mass is 127. The highest BCUT2D eigenvalue weighted by molar-refractivity contribution is 14.1. The van der Waals surface area contributed by atoms with Gasteiger partial charge in [0, 0.05) is 0 Å². The van der Waals surface area contributed by atoms with Crippen LogP contribution in [-0.4, -0.2) is 4.43 Å². The van der Waals surface area contributed by atoms with Crippen LogP contribution >= 0.6 is 22.6 Å². The van der Waals surface area contributed by atoms with Crippen LogP contribution in [0.2, 0.25) is 0 Å². The highest BCUT2D eigenvalue weighted by Gasteiger charge is 2.28. The van der Waals surface area contributed by atoms with Crippen LogP contribution in [0.4, 0.5) is 0 Å². The van der Waals surface area contributed by atoms with Gasteiger partial charge in [-0.1, -0.05) is 48.2 Å². The van der Waals surface area contributed by atoms with Gasteiger partial charge in [-0.15, -0.1) is 0 Å². The first kappa shape index (κ1) is 11.3. The average Bonchev–Trinajstić information content (AvgIpc) is 2.16. The molecule has 74 valence electrons. The van der Waals surface area contributed by atoms with E-state index in [0.717, 1.165) is 0 Å². The van der Waals surface area contributed by atoms with Gasteiger partial charge in [0.15, 0.2) is 0 Å². The minimum absolute atomic E-state index is 0.436. The lowest BCUT2D eigenvalue weighted by molar-refractivity contribution is 0.318. The maximum Gasteiger partial charge on any atom is -0.000441 e. The Morgan fingerprint density at radius 3 is 3.08 bits per heavy atom. The van der Waals surface area contributed by atoms with E-state index < -0.39 is 0 Å². The molecule has 0 aliphatic heterocycles. The number of allylic oxidation sites excluding steroid dienone is 3. The van der Waals surface area contributed by atoms with Crippen molar-refractivity contribution in [2.75, 3.05) is 4.43 Å². The maximum absolute atomic E-state index is 3.92. The second-order valence-corrected chi connectivity index (χ2v) is 5.19. The molecule has 1 rings (SSSR count). The molecule has 0 saturated heterocycles. The van der Waals surface area contributed by atoms with Crippen LogP contribution < -0.4 is 0 Å². The third kappa shape index (κ3) is 2.83. The smallest absolute Gasteiger partial charge is 0.000441 e. The summed E-state index contributed by atoms with van der Waals surface area (Å²) in [6.45, 7) is 6.31. The van der Waals surface area contributed by atoms with Gasteiger partial charge in [-0.25, -0.2) is 0 Å². The molecule has 0 fully saturated rings. The van der Waals surface area contributed by atoms with Crippen molar-refractivity contribution in [2.45, 2.75) is 39.0 Å². The van der Waals surface area contributed by atoms with Crippen molar-refractivity contribution in [3.05, 3.63) is 24.3 Å². The van der Waals surface area contributed by atoms with E-state index in [1.807, 2.05) is 0 Å². The topological polar surface area (TPSA) is 0 Å². The zero-order valence-corrected chi connectivity index (χ0v) is 10.6. The molecule has 1 aliphatic carbocycles. The van der Waals surface area contributed by atoms with Crippen molar-refractivity contribution in [3.63, 3.8) is 0 Å². The molecule has 0 N–H and O–H groups in total. The fraction of sp³-hybridized carbons (Fsp3) is 0.667. The molecule has 0 nitrogen and oxygen atoms in total. The van der Waals surface area contributed by atoms with Gasteiger partial charge in [0.2, 0.25) is 0 Å². The van der Waals surface area contributed by atoms with Gasteiger partial charge in [0.05, 0.1) is 0 Å². The first-order valence-corrected chi connectivity index (χ1v) is 6.64. The van der Waals surface area contributed by atoms with Gasteiger partial charge in [-0.05, 0) is 47.5 Å². The first-order chi connectivity index (χ1) is 6.23. The Kier molecular flexibility index (Phi) is 4.50. The molecular formula is C12H19I. The van der Waals surface area contributed by atoms with Crippen molar-refractivity contribution in [2.24, 2.45) is 5.41 Å². The first-order valence-electron chi connectivity index (χ1n) is 5.12. The largest absolute Gasteiger partial charge is 0.0988 e. The molecule has 0 unspecified atom stereocenters. The standard InChI is InChI=1S/C12H19I/c1-3-11-7-4-5-8-12(11,2)9-6-10-13/h3,7H,1,4-6,8-10H2,2H3/t12-/m0/s1. The van der Waals surface area contributed by atoms with E-state index in [1.54, 1.807) is 0 Å². The lowest BCUT2D eigenvalue weighted by Crippen LogP contribution is -2.21. The lowest BCUT2D eigenvalue weighted by atomic mass is 9.71. The molecule has 0 heterocycles. The second-order valence-electron chi connectivity index (χ2n) is 4.11. The third-order valence-electron chi connectivity index (χ3n) is 3.08. The number of halogens is 1. The molecule has 0 aromatic carbocycles. The minimum atomic E-state index is 0.436.